The molecule has 0 aliphatic carbocycles. The zero-order valence-corrected chi connectivity index (χ0v) is 19.1. The average Bonchev–Trinajstić information content (AvgIpc) is 3.17. The maximum atomic E-state index is 13.8. The first-order valence-corrected chi connectivity index (χ1v) is 11.6. The normalized spacial score (nSPS) is 17.3. The highest BCUT2D eigenvalue weighted by atomic mass is 127. The van der Waals surface area contributed by atoms with E-state index in [0.29, 0.717) is 17.9 Å². The van der Waals surface area contributed by atoms with E-state index in [2.05, 4.69) is 52.2 Å². The van der Waals surface area contributed by atoms with E-state index in [0.717, 1.165) is 33.9 Å². The minimum atomic E-state index is -0.430. The summed E-state index contributed by atoms with van der Waals surface area (Å²) in [5.41, 5.74) is 2.02. The number of halogens is 2. The fraction of sp³-hybridized carbons (Fsp3) is 0.364. The number of rotatable bonds is 5. The number of anilines is 1. The third-order valence-corrected chi connectivity index (χ3v) is 6.54. The summed E-state index contributed by atoms with van der Waals surface area (Å²) in [6.07, 6.45) is 3.93. The van der Waals surface area contributed by atoms with Crippen LogP contribution >= 0.6 is 22.6 Å². The first-order chi connectivity index (χ1) is 14.5. The molecule has 0 radical (unpaired) electrons. The zero-order valence-electron chi connectivity index (χ0n) is 16.9. The lowest BCUT2D eigenvalue weighted by Crippen LogP contribution is -2.45. The van der Waals surface area contributed by atoms with Gasteiger partial charge in [-0.05, 0) is 31.0 Å². The van der Waals surface area contributed by atoms with Crippen molar-refractivity contribution in [3.05, 3.63) is 54.0 Å². The lowest BCUT2D eigenvalue weighted by atomic mass is 9.83. The second-order valence-corrected chi connectivity index (χ2v) is 8.21. The Bertz CT molecular complexity index is 1080. The van der Waals surface area contributed by atoms with E-state index in [1.54, 1.807) is 12.3 Å². The zero-order chi connectivity index (χ0) is 21.3. The van der Waals surface area contributed by atoms with Crippen LogP contribution in [0.2, 0.25) is 0 Å². The molecule has 2 N–H and O–H groups in total. The molecule has 1 unspecified atom stereocenters. The third kappa shape index (κ3) is 3.84. The number of hydrogen-bond donors (Lipinski definition) is 2. The Morgan fingerprint density at radius 1 is 1.33 bits per heavy atom. The number of carbonyl (C=O) groups excluding carboxylic acids is 1. The second-order valence-electron chi connectivity index (χ2n) is 7.53. The van der Waals surface area contributed by atoms with Crippen LogP contribution in [0, 0.1) is 5.82 Å². The highest BCUT2D eigenvalue weighted by molar-refractivity contribution is 14.1. The van der Waals surface area contributed by atoms with E-state index in [4.69, 9.17) is 4.74 Å². The largest absolute Gasteiger partial charge is 0.487 e. The van der Waals surface area contributed by atoms with Crippen molar-refractivity contribution < 1.29 is 13.9 Å². The van der Waals surface area contributed by atoms with Crippen LogP contribution in [-0.2, 0) is 4.55 Å². The van der Waals surface area contributed by atoms with Crippen molar-refractivity contribution in [3.8, 4) is 5.75 Å². The number of urea groups is 1. The van der Waals surface area contributed by atoms with Crippen molar-refractivity contribution in [2.24, 2.45) is 0 Å². The monoisotopic (exact) mass is 522 g/mol. The van der Waals surface area contributed by atoms with Crippen molar-refractivity contribution in [2.45, 2.75) is 49.3 Å². The van der Waals surface area contributed by atoms with E-state index in [1.165, 1.54) is 12.1 Å². The highest BCUT2D eigenvalue weighted by Gasteiger charge is 2.39. The Balaban J connectivity index is 1.59. The van der Waals surface area contributed by atoms with Crippen molar-refractivity contribution in [3.63, 3.8) is 0 Å². The standard InChI is InChI=1S/C22H24FIN4O2/c1-3-22(4-2)11-18(15-9-8-14(23)10-20(15)30-22)27-21(29)26-17-6-5-7-19-16(17)12-25-28(19)13-24/h5-10,12,18H,3-4,11,13H2,1-2H3,(H2,26,27,29). The smallest absolute Gasteiger partial charge is 0.319 e. The molecule has 8 heteroatoms. The average molecular weight is 522 g/mol. The predicted octanol–water partition coefficient (Wildman–Crippen LogP) is 5.77. The van der Waals surface area contributed by atoms with Crippen LogP contribution in [0.5, 0.6) is 5.75 Å². The van der Waals surface area contributed by atoms with Crippen LogP contribution in [0.3, 0.4) is 0 Å². The number of ether oxygens (including phenoxy) is 1. The van der Waals surface area contributed by atoms with E-state index in [9.17, 15) is 9.18 Å². The molecule has 0 spiro atoms. The van der Waals surface area contributed by atoms with Gasteiger partial charge in [0.25, 0.3) is 0 Å². The summed E-state index contributed by atoms with van der Waals surface area (Å²) in [6.45, 7) is 4.10. The van der Waals surface area contributed by atoms with Gasteiger partial charge in [-0.1, -0.05) is 48.6 Å². The van der Waals surface area contributed by atoms with Crippen LogP contribution in [0.4, 0.5) is 14.9 Å². The molecule has 0 fully saturated rings. The van der Waals surface area contributed by atoms with Crippen LogP contribution in [0.1, 0.15) is 44.7 Å². The van der Waals surface area contributed by atoms with Crippen LogP contribution in [0.15, 0.2) is 42.6 Å². The molecule has 0 saturated carbocycles. The van der Waals surface area contributed by atoms with E-state index in [-0.39, 0.29) is 17.9 Å². The van der Waals surface area contributed by atoms with Gasteiger partial charge >= 0.3 is 6.03 Å². The van der Waals surface area contributed by atoms with Crippen molar-refractivity contribution >= 4 is 45.2 Å². The number of hydrogen-bond acceptors (Lipinski definition) is 3. The van der Waals surface area contributed by atoms with Gasteiger partial charge in [0.1, 0.15) is 17.2 Å². The molecule has 1 aliphatic heterocycles. The Hall–Kier alpha value is -2.36. The lowest BCUT2D eigenvalue weighted by molar-refractivity contribution is 0.0243. The van der Waals surface area contributed by atoms with Gasteiger partial charge in [-0.15, -0.1) is 0 Å². The molecule has 1 aromatic heterocycles. The van der Waals surface area contributed by atoms with E-state index in [1.807, 2.05) is 22.9 Å². The maximum absolute atomic E-state index is 13.8. The molecular formula is C22H24FIN4O2. The number of amides is 2. The molecular weight excluding hydrogens is 498 g/mol. The van der Waals surface area contributed by atoms with Gasteiger partial charge in [-0.2, -0.15) is 5.10 Å². The van der Waals surface area contributed by atoms with Gasteiger partial charge in [0.2, 0.25) is 0 Å². The van der Waals surface area contributed by atoms with Gasteiger partial charge in [0.05, 0.1) is 28.0 Å². The van der Waals surface area contributed by atoms with Gasteiger partial charge in [0, 0.05) is 23.4 Å². The molecule has 2 aromatic carbocycles. The van der Waals surface area contributed by atoms with Crippen LogP contribution in [-0.4, -0.2) is 21.4 Å². The Morgan fingerprint density at radius 3 is 2.87 bits per heavy atom. The van der Waals surface area contributed by atoms with Crippen molar-refractivity contribution in [2.75, 3.05) is 5.32 Å². The molecule has 0 saturated heterocycles. The number of carbonyl (C=O) groups is 1. The fourth-order valence-electron chi connectivity index (χ4n) is 4.08. The molecule has 2 heterocycles. The minimum absolute atomic E-state index is 0.273. The quantitative estimate of drug-likeness (QED) is 0.330. The molecule has 2 amide bonds. The predicted molar refractivity (Wildman–Crippen MR) is 124 cm³/mol. The number of fused-ring (bicyclic) bond motifs is 2. The summed E-state index contributed by atoms with van der Waals surface area (Å²) < 4.78 is 22.6. The molecule has 6 nitrogen and oxygen atoms in total. The number of nitrogens with one attached hydrogen (secondary N) is 2. The summed E-state index contributed by atoms with van der Waals surface area (Å²) in [7, 11) is 0. The summed E-state index contributed by atoms with van der Waals surface area (Å²) in [4.78, 5) is 12.9. The van der Waals surface area contributed by atoms with Gasteiger partial charge in [-0.25, -0.2) is 9.18 Å². The number of aromatic nitrogens is 2. The topological polar surface area (TPSA) is 68.2 Å². The number of alkyl halides is 1. The first kappa shape index (κ1) is 20.9. The van der Waals surface area contributed by atoms with Gasteiger partial charge in [0.15, 0.2) is 0 Å². The molecule has 1 aliphatic rings. The van der Waals surface area contributed by atoms with E-state index < -0.39 is 5.60 Å². The lowest BCUT2D eigenvalue weighted by Gasteiger charge is -2.41. The number of benzene rings is 2. The Morgan fingerprint density at radius 2 is 2.13 bits per heavy atom. The molecule has 3 aromatic rings. The Kier molecular flexibility index (Phi) is 5.86. The summed E-state index contributed by atoms with van der Waals surface area (Å²) >= 11 is 2.25. The molecule has 1 atom stereocenters. The van der Waals surface area contributed by atoms with Gasteiger partial charge in [-0.3, -0.25) is 4.68 Å². The summed E-state index contributed by atoms with van der Waals surface area (Å²) in [5.74, 6) is 0.152. The minimum Gasteiger partial charge on any atom is -0.487 e. The summed E-state index contributed by atoms with van der Waals surface area (Å²) in [6, 6.07) is 9.64. The van der Waals surface area contributed by atoms with Crippen molar-refractivity contribution in [1.29, 1.82) is 0 Å². The molecule has 30 heavy (non-hydrogen) atoms. The maximum Gasteiger partial charge on any atom is 0.319 e. The second kappa shape index (κ2) is 8.41. The van der Waals surface area contributed by atoms with Crippen LogP contribution < -0.4 is 15.4 Å². The van der Waals surface area contributed by atoms with Crippen LogP contribution in [0.25, 0.3) is 10.9 Å². The van der Waals surface area contributed by atoms with E-state index >= 15 is 0 Å². The number of nitrogens with zero attached hydrogens (tertiary/aromatic N) is 2. The summed E-state index contributed by atoms with van der Waals surface area (Å²) in [5, 5.41) is 11.3. The Labute approximate surface area is 188 Å². The van der Waals surface area contributed by atoms with Crippen molar-refractivity contribution in [1.82, 2.24) is 15.1 Å². The SMILES string of the molecule is CCC1(CC)CC(NC(=O)Nc2cccc3c2cnn3CI)c2ccc(F)cc2O1. The molecule has 4 rings (SSSR count). The molecule has 0 bridgehead atoms. The first-order valence-electron chi connectivity index (χ1n) is 10.0. The third-order valence-electron chi connectivity index (χ3n) is 5.90. The van der Waals surface area contributed by atoms with Gasteiger partial charge < -0.3 is 15.4 Å². The highest BCUT2D eigenvalue weighted by Crippen LogP contribution is 2.43. The fourth-order valence-corrected chi connectivity index (χ4v) is 4.62. The molecule has 158 valence electrons.